The topological polar surface area (TPSA) is 138 Å². The number of aromatic hydroxyl groups is 1. The first-order valence-electron chi connectivity index (χ1n) is 10.6. The summed E-state index contributed by atoms with van der Waals surface area (Å²) in [6.07, 6.45) is 0. The van der Waals surface area contributed by atoms with Crippen LogP contribution in [0.2, 0.25) is 10.0 Å². The molecule has 0 aliphatic heterocycles. The van der Waals surface area contributed by atoms with Crippen LogP contribution in [0, 0.1) is 6.92 Å². The number of rotatable bonds is 6. The summed E-state index contributed by atoms with van der Waals surface area (Å²) in [5, 5.41) is 23.1. The third kappa shape index (κ3) is 5.52. The molecular formula is C25H19Cl2N3O6S. The van der Waals surface area contributed by atoms with Gasteiger partial charge in [-0.25, -0.2) is 0 Å². The van der Waals surface area contributed by atoms with Crippen molar-refractivity contribution in [3.8, 4) is 11.5 Å². The molecule has 0 saturated carbocycles. The molecule has 1 amide bonds. The van der Waals surface area contributed by atoms with Crippen molar-refractivity contribution in [2.45, 2.75) is 11.8 Å². The van der Waals surface area contributed by atoms with E-state index in [0.717, 1.165) is 6.07 Å². The first-order valence-corrected chi connectivity index (χ1v) is 12.8. The number of hydrogen-bond acceptors (Lipinski definition) is 7. The number of aryl methyl sites for hydroxylation is 1. The van der Waals surface area contributed by atoms with E-state index in [1.165, 1.54) is 25.3 Å². The number of carbonyl (C=O) groups excluding carboxylic acids is 1. The number of fused-ring (bicyclic) bond motifs is 1. The van der Waals surface area contributed by atoms with Crippen molar-refractivity contribution < 1.29 is 27.6 Å². The Labute approximate surface area is 222 Å². The minimum atomic E-state index is -4.61. The van der Waals surface area contributed by atoms with E-state index in [4.69, 9.17) is 27.9 Å². The fourth-order valence-corrected chi connectivity index (χ4v) is 4.92. The monoisotopic (exact) mass is 559 g/mol. The number of hydrogen-bond donors (Lipinski definition) is 3. The number of methoxy groups -OCH3 is 1. The molecule has 9 nitrogen and oxygen atoms in total. The van der Waals surface area contributed by atoms with Gasteiger partial charge in [0.25, 0.3) is 16.0 Å². The van der Waals surface area contributed by atoms with E-state index in [2.05, 4.69) is 15.5 Å². The van der Waals surface area contributed by atoms with Crippen LogP contribution in [-0.2, 0) is 10.1 Å². The van der Waals surface area contributed by atoms with Gasteiger partial charge in [-0.05, 0) is 54.3 Å². The molecule has 0 spiro atoms. The van der Waals surface area contributed by atoms with Crippen LogP contribution in [0.4, 0.5) is 17.1 Å². The lowest BCUT2D eigenvalue weighted by molar-refractivity contribution is 0.102. The summed E-state index contributed by atoms with van der Waals surface area (Å²) >= 11 is 12.1. The molecule has 0 saturated heterocycles. The molecule has 0 aromatic heterocycles. The Morgan fingerprint density at radius 2 is 1.76 bits per heavy atom. The van der Waals surface area contributed by atoms with E-state index in [1.807, 2.05) is 0 Å². The van der Waals surface area contributed by atoms with Crippen molar-refractivity contribution in [2.75, 3.05) is 12.4 Å². The number of halogens is 2. The predicted molar refractivity (Wildman–Crippen MR) is 142 cm³/mol. The number of amides is 1. The van der Waals surface area contributed by atoms with Crippen molar-refractivity contribution in [3.05, 3.63) is 81.8 Å². The van der Waals surface area contributed by atoms with Gasteiger partial charge in [-0.2, -0.15) is 13.5 Å². The van der Waals surface area contributed by atoms with Crippen molar-refractivity contribution in [3.63, 3.8) is 0 Å². The Hall–Kier alpha value is -3.70. The quantitative estimate of drug-likeness (QED) is 0.170. The number of anilines is 1. The van der Waals surface area contributed by atoms with Crippen LogP contribution in [0.25, 0.3) is 10.8 Å². The summed E-state index contributed by atoms with van der Waals surface area (Å²) in [4.78, 5) is 12.6. The molecule has 3 N–H and O–H groups in total. The Morgan fingerprint density at radius 1 is 1.03 bits per heavy atom. The molecule has 4 rings (SSSR count). The van der Waals surface area contributed by atoms with E-state index >= 15 is 0 Å². The highest BCUT2D eigenvalue weighted by Gasteiger charge is 2.20. The molecule has 0 heterocycles. The van der Waals surface area contributed by atoms with Crippen molar-refractivity contribution >= 4 is 67.1 Å². The largest absolute Gasteiger partial charge is 0.505 e. The third-order valence-corrected chi connectivity index (χ3v) is 7.19. The molecule has 4 aromatic carbocycles. The van der Waals surface area contributed by atoms with E-state index in [1.54, 1.807) is 43.3 Å². The maximum atomic E-state index is 13.1. The second kappa shape index (κ2) is 10.3. The van der Waals surface area contributed by atoms with Gasteiger partial charge in [0.2, 0.25) is 0 Å². The molecular weight excluding hydrogens is 541 g/mol. The highest BCUT2D eigenvalue weighted by molar-refractivity contribution is 7.86. The molecule has 12 heteroatoms. The van der Waals surface area contributed by atoms with Gasteiger partial charge in [0.05, 0.1) is 28.4 Å². The standard InChI is InChI=1S/C25H19Cl2N3O6S/c1-13-9-16(12-21(22(13)27)37(33,34)35)29-30-23-17-6-4-3-5-14(17)10-18(24(23)31)25(32)28-15-7-8-20(36-2)19(26)11-15/h3-12,31H,1-2H3,(H,28,32)(H,33,34,35). The summed E-state index contributed by atoms with van der Waals surface area (Å²) < 4.78 is 38.0. The van der Waals surface area contributed by atoms with Crippen molar-refractivity contribution in [1.29, 1.82) is 0 Å². The van der Waals surface area contributed by atoms with Crippen LogP contribution in [0.1, 0.15) is 15.9 Å². The van der Waals surface area contributed by atoms with Gasteiger partial charge in [0.15, 0.2) is 5.75 Å². The highest BCUT2D eigenvalue weighted by atomic mass is 35.5. The molecule has 4 aromatic rings. The maximum Gasteiger partial charge on any atom is 0.296 e. The van der Waals surface area contributed by atoms with Gasteiger partial charge < -0.3 is 15.2 Å². The van der Waals surface area contributed by atoms with E-state index in [-0.39, 0.29) is 22.0 Å². The van der Waals surface area contributed by atoms with Gasteiger partial charge in [0.1, 0.15) is 16.3 Å². The molecule has 0 atom stereocenters. The molecule has 0 radical (unpaired) electrons. The fraction of sp³-hybridized carbons (Fsp3) is 0.0800. The Bertz CT molecular complexity index is 1690. The Kier molecular flexibility index (Phi) is 7.37. The number of ether oxygens (including phenoxy) is 1. The van der Waals surface area contributed by atoms with Gasteiger partial charge in [0, 0.05) is 11.1 Å². The Balaban J connectivity index is 1.78. The van der Waals surface area contributed by atoms with Crippen LogP contribution in [0.15, 0.2) is 75.8 Å². The third-order valence-electron chi connectivity index (χ3n) is 5.40. The predicted octanol–water partition coefficient (Wildman–Crippen LogP) is 7.08. The minimum Gasteiger partial charge on any atom is -0.505 e. The lowest BCUT2D eigenvalue weighted by Gasteiger charge is -2.12. The van der Waals surface area contributed by atoms with Crippen LogP contribution in [0.3, 0.4) is 0 Å². The molecule has 190 valence electrons. The zero-order valence-electron chi connectivity index (χ0n) is 19.4. The van der Waals surface area contributed by atoms with Crippen LogP contribution < -0.4 is 10.1 Å². The molecule has 37 heavy (non-hydrogen) atoms. The summed E-state index contributed by atoms with van der Waals surface area (Å²) in [5.74, 6) is -0.636. The van der Waals surface area contributed by atoms with Gasteiger partial charge in [-0.15, -0.1) is 5.11 Å². The smallest absolute Gasteiger partial charge is 0.296 e. The van der Waals surface area contributed by atoms with Crippen LogP contribution >= 0.6 is 23.2 Å². The van der Waals surface area contributed by atoms with Crippen molar-refractivity contribution in [1.82, 2.24) is 0 Å². The number of nitrogens with zero attached hydrogens (tertiary/aromatic N) is 2. The molecule has 0 aliphatic rings. The lowest BCUT2D eigenvalue weighted by Crippen LogP contribution is -2.12. The van der Waals surface area contributed by atoms with E-state index in [9.17, 15) is 22.9 Å². The summed E-state index contributed by atoms with van der Waals surface area (Å²) in [6, 6.07) is 15.6. The van der Waals surface area contributed by atoms with Gasteiger partial charge >= 0.3 is 0 Å². The first-order chi connectivity index (χ1) is 17.5. The zero-order valence-corrected chi connectivity index (χ0v) is 21.7. The van der Waals surface area contributed by atoms with Crippen LogP contribution in [0.5, 0.6) is 11.5 Å². The van der Waals surface area contributed by atoms with Crippen LogP contribution in [-0.4, -0.2) is 31.1 Å². The zero-order chi connectivity index (χ0) is 26.9. The highest BCUT2D eigenvalue weighted by Crippen LogP contribution is 2.40. The minimum absolute atomic E-state index is 0.0166. The Morgan fingerprint density at radius 3 is 2.43 bits per heavy atom. The summed E-state index contributed by atoms with van der Waals surface area (Å²) in [7, 11) is -3.14. The average Bonchev–Trinajstić information content (AvgIpc) is 2.84. The molecule has 0 aliphatic carbocycles. The molecule has 0 fully saturated rings. The second-order valence-electron chi connectivity index (χ2n) is 7.90. The summed E-state index contributed by atoms with van der Waals surface area (Å²) in [6.45, 7) is 1.54. The summed E-state index contributed by atoms with van der Waals surface area (Å²) in [5.41, 5.74) is 0.676. The number of phenols is 1. The van der Waals surface area contributed by atoms with Gasteiger partial charge in [-0.3, -0.25) is 9.35 Å². The molecule has 0 unspecified atom stereocenters. The van der Waals surface area contributed by atoms with Crippen molar-refractivity contribution in [2.24, 2.45) is 10.2 Å². The van der Waals surface area contributed by atoms with Gasteiger partial charge in [-0.1, -0.05) is 47.5 Å². The molecule has 0 bridgehead atoms. The number of phenolic OH excluding ortho intramolecular Hbond substituents is 1. The van der Waals surface area contributed by atoms with E-state index < -0.39 is 26.7 Å². The second-order valence-corrected chi connectivity index (χ2v) is 10.1. The number of nitrogens with one attached hydrogen (secondary N) is 1. The fourth-order valence-electron chi connectivity index (χ4n) is 3.61. The maximum absolute atomic E-state index is 13.1. The first kappa shape index (κ1) is 26.4. The number of carbonyl (C=O) groups is 1. The average molecular weight is 560 g/mol. The normalized spacial score (nSPS) is 11.7. The number of azo groups is 1. The lowest BCUT2D eigenvalue weighted by atomic mass is 10.0. The SMILES string of the molecule is COc1ccc(NC(=O)c2cc3ccccc3c(N=Nc3cc(C)c(Cl)c(S(=O)(=O)O)c3)c2O)cc1Cl. The number of benzene rings is 4. The van der Waals surface area contributed by atoms with E-state index in [0.29, 0.717) is 32.8 Å².